The Kier molecular flexibility index (Phi) is 5.18. The van der Waals surface area contributed by atoms with Crippen molar-refractivity contribution in [3.05, 3.63) is 0 Å². The molecule has 0 aromatic carbocycles. The maximum Gasteiger partial charge on any atom is 0.317 e. The molecule has 4 unspecified atom stereocenters. The summed E-state index contributed by atoms with van der Waals surface area (Å²) >= 11 is 1.91. The van der Waals surface area contributed by atoms with Crippen molar-refractivity contribution in [2.75, 3.05) is 18.8 Å². The molecule has 2 fully saturated rings. The van der Waals surface area contributed by atoms with E-state index in [1.165, 1.54) is 0 Å². The topological polar surface area (TPSA) is 69.6 Å². The Morgan fingerprint density at radius 2 is 2.10 bits per heavy atom. The Hall–Kier alpha value is -0.910. The normalized spacial score (nSPS) is 33.4. The van der Waals surface area contributed by atoms with Crippen molar-refractivity contribution in [2.24, 2.45) is 11.8 Å². The van der Waals surface area contributed by atoms with Crippen LogP contribution in [0, 0.1) is 11.8 Å². The number of nitrogens with zero attached hydrogens (tertiary/aromatic N) is 1. The van der Waals surface area contributed by atoms with Gasteiger partial charge in [0, 0.05) is 24.4 Å². The monoisotopic (exact) mass is 300 g/mol. The molecule has 20 heavy (non-hydrogen) atoms. The van der Waals surface area contributed by atoms with Gasteiger partial charge in [-0.15, -0.1) is 0 Å². The largest absolute Gasteiger partial charge is 0.481 e. The highest BCUT2D eigenvalue weighted by atomic mass is 32.2. The van der Waals surface area contributed by atoms with Gasteiger partial charge in [-0.3, -0.25) is 4.79 Å². The number of aliphatic carboxylic acids is 1. The average molecular weight is 300 g/mol. The number of thioether (sulfide) groups is 1. The van der Waals surface area contributed by atoms with E-state index in [1.54, 1.807) is 4.90 Å². The molecule has 2 rings (SSSR count). The first-order valence-corrected chi connectivity index (χ1v) is 8.47. The van der Waals surface area contributed by atoms with E-state index in [9.17, 15) is 9.59 Å². The molecule has 1 saturated heterocycles. The van der Waals surface area contributed by atoms with Crippen LogP contribution in [0.5, 0.6) is 0 Å². The number of rotatable bonds is 4. The van der Waals surface area contributed by atoms with E-state index in [0.29, 0.717) is 18.3 Å². The Labute approximate surface area is 124 Å². The van der Waals surface area contributed by atoms with Crippen LogP contribution in [0.4, 0.5) is 4.79 Å². The first kappa shape index (κ1) is 15.5. The summed E-state index contributed by atoms with van der Waals surface area (Å²) in [5, 5.41) is 12.7. The van der Waals surface area contributed by atoms with Crippen LogP contribution in [0.1, 0.15) is 33.1 Å². The summed E-state index contributed by atoms with van der Waals surface area (Å²) in [6.45, 7) is 4.92. The number of hydrogen-bond acceptors (Lipinski definition) is 3. The van der Waals surface area contributed by atoms with Gasteiger partial charge >= 0.3 is 12.0 Å². The van der Waals surface area contributed by atoms with Crippen LogP contribution in [0.2, 0.25) is 0 Å². The van der Waals surface area contributed by atoms with Gasteiger partial charge in [-0.1, -0.05) is 20.3 Å². The van der Waals surface area contributed by atoms with Crippen LogP contribution < -0.4 is 5.32 Å². The van der Waals surface area contributed by atoms with E-state index in [2.05, 4.69) is 12.2 Å². The zero-order chi connectivity index (χ0) is 14.7. The molecule has 0 radical (unpaired) electrons. The summed E-state index contributed by atoms with van der Waals surface area (Å²) in [4.78, 5) is 25.0. The second kappa shape index (κ2) is 6.70. The molecule has 2 N–H and O–H groups in total. The summed E-state index contributed by atoms with van der Waals surface area (Å²) in [7, 11) is 0. The van der Waals surface area contributed by atoms with Crippen LogP contribution in [0.25, 0.3) is 0 Å². The van der Waals surface area contributed by atoms with Crippen molar-refractivity contribution in [2.45, 2.75) is 44.4 Å². The zero-order valence-electron chi connectivity index (χ0n) is 12.2. The highest BCUT2D eigenvalue weighted by Crippen LogP contribution is 2.30. The molecular formula is C14H24N2O3S. The van der Waals surface area contributed by atoms with E-state index < -0.39 is 11.9 Å². The van der Waals surface area contributed by atoms with Gasteiger partial charge in [0.15, 0.2) is 0 Å². The number of hydrogen-bond donors (Lipinski definition) is 2. The Balaban J connectivity index is 1.88. The van der Waals surface area contributed by atoms with Crippen LogP contribution >= 0.6 is 11.8 Å². The van der Waals surface area contributed by atoms with E-state index in [-0.39, 0.29) is 18.0 Å². The summed E-state index contributed by atoms with van der Waals surface area (Å²) in [6.07, 6.45) is 3.36. The number of carbonyl (C=O) groups is 2. The summed E-state index contributed by atoms with van der Waals surface area (Å²) < 4.78 is 0. The second-order valence-electron chi connectivity index (χ2n) is 5.81. The number of carboxylic acid groups (broad SMARTS) is 1. The van der Waals surface area contributed by atoms with Crippen molar-refractivity contribution in [1.82, 2.24) is 10.2 Å². The summed E-state index contributed by atoms with van der Waals surface area (Å²) in [6, 6.07) is 0.154. The summed E-state index contributed by atoms with van der Waals surface area (Å²) in [5.41, 5.74) is 0. The van der Waals surface area contributed by atoms with Crippen LogP contribution in [-0.4, -0.2) is 52.1 Å². The molecule has 1 heterocycles. The molecular weight excluding hydrogens is 276 g/mol. The van der Waals surface area contributed by atoms with Gasteiger partial charge in [-0.2, -0.15) is 11.8 Å². The van der Waals surface area contributed by atoms with E-state index in [0.717, 1.165) is 25.0 Å². The van der Waals surface area contributed by atoms with E-state index in [1.807, 2.05) is 18.7 Å². The Morgan fingerprint density at radius 1 is 1.35 bits per heavy atom. The number of nitrogens with one attached hydrogen (secondary N) is 1. The maximum absolute atomic E-state index is 12.3. The SMILES string of the molecule is CCSC1CCCC1NC(=O)N1CC(C)C(C(=O)O)C1. The van der Waals surface area contributed by atoms with Gasteiger partial charge in [0.1, 0.15) is 0 Å². The molecule has 0 aromatic rings. The number of likely N-dealkylation sites (tertiary alicyclic amines) is 1. The van der Waals surface area contributed by atoms with E-state index >= 15 is 0 Å². The fourth-order valence-corrected chi connectivity index (χ4v) is 4.41. The first-order chi connectivity index (χ1) is 9.52. The number of carboxylic acids is 1. The molecule has 0 bridgehead atoms. The molecule has 114 valence electrons. The molecule has 6 heteroatoms. The van der Waals surface area contributed by atoms with Crippen molar-refractivity contribution < 1.29 is 14.7 Å². The van der Waals surface area contributed by atoms with Gasteiger partial charge in [-0.25, -0.2) is 4.79 Å². The van der Waals surface area contributed by atoms with Gasteiger partial charge in [0.2, 0.25) is 0 Å². The van der Waals surface area contributed by atoms with Crippen LogP contribution in [0.3, 0.4) is 0 Å². The Bertz CT molecular complexity index is 377. The molecule has 1 aliphatic carbocycles. The van der Waals surface area contributed by atoms with Crippen molar-refractivity contribution in [3.8, 4) is 0 Å². The van der Waals surface area contributed by atoms with Crippen molar-refractivity contribution >= 4 is 23.8 Å². The van der Waals surface area contributed by atoms with Gasteiger partial charge in [-0.05, 0) is 24.5 Å². The molecule has 2 amide bonds. The lowest BCUT2D eigenvalue weighted by Crippen LogP contribution is -2.46. The number of amides is 2. The first-order valence-electron chi connectivity index (χ1n) is 7.42. The number of carbonyl (C=O) groups excluding carboxylic acids is 1. The fourth-order valence-electron chi connectivity index (χ4n) is 3.21. The lowest BCUT2D eigenvalue weighted by atomic mass is 9.99. The molecule has 0 aromatic heterocycles. The minimum Gasteiger partial charge on any atom is -0.481 e. The molecule has 5 nitrogen and oxygen atoms in total. The quantitative estimate of drug-likeness (QED) is 0.833. The number of urea groups is 1. The zero-order valence-corrected chi connectivity index (χ0v) is 13.0. The highest BCUT2D eigenvalue weighted by Gasteiger charge is 2.38. The molecule has 2 aliphatic rings. The third kappa shape index (κ3) is 3.40. The third-order valence-corrected chi connectivity index (χ3v) is 5.68. The fraction of sp³-hybridized carbons (Fsp3) is 0.857. The van der Waals surface area contributed by atoms with Crippen molar-refractivity contribution in [3.63, 3.8) is 0 Å². The van der Waals surface area contributed by atoms with Crippen LogP contribution in [0.15, 0.2) is 0 Å². The predicted molar refractivity (Wildman–Crippen MR) is 80.0 cm³/mol. The van der Waals surface area contributed by atoms with Crippen molar-refractivity contribution in [1.29, 1.82) is 0 Å². The standard InChI is InChI=1S/C14H24N2O3S/c1-3-20-12-6-4-5-11(12)15-14(19)16-7-9(2)10(8-16)13(17)18/h9-12H,3-8H2,1-2H3,(H,15,19)(H,17,18). The average Bonchev–Trinajstić information content (AvgIpc) is 2.97. The molecule has 0 spiro atoms. The third-order valence-electron chi connectivity index (χ3n) is 4.36. The lowest BCUT2D eigenvalue weighted by Gasteiger charge is -2.24. The smallest absolute Gasteiger partial charge is 0.317 e. The van der Waals surface area contributed by atoms with Crippen LogP contribution in [-0.2, 0) is 4.79 Å². The Morgan fingerprint density at radius 3 is 2.70 bits per heavy atom. The highest BCUT2D eigenvalue weighted by molar-refractivity contribution is 7.99. The second-order valence-corrected chi connectivity index (χ2v) is 7.32. The molecule has 1 aliphatic heterocycles. The minimum absolute atomic E-state index is 0.0302. The predicted octanol–water partition coefficient (Wildman–Crippen LogP) is 2.02. The van der Waals surface area contributed by atoms with Gasteiger partial charge in [0.25, 0.3) is 0 Å². The lowest BCUT2D eigenvalue weighted by molar-refractivity contribution is -0.142. The minimum atomic E-state index is -0.798. The van der Waals surface area contributed by atoms with Gasteiger partial charge < -0.3 is 15.3 Å². The summed E-state index contributed by atoms with van der Waals surface area (Å²) in [5.74, 6) is -0.125. The molecule has 4 atom stereocenters. The molecule has 1 saturated carbocycles. The van der Waals surface area contributed by atoms with E-state index in [4.69, 9.17) is 5.11 Å². The van der Waals surface area contributed by atoms with Gasteiger partial charge in [0.05, 0.1) is 5.92 Å². The maximum atomic E-state index is 12.3.